The molecule has 0 radical (unpaired) electrons. The fraction of sp³-hybridized carbons (Fsp3) is 0.444. The molecule has 9 heteroatoms. The average Bonchev–Trinajstić information content (AvgIpc) is 2.70. The van der Waals surface area contributed by atoms with Crippen molar-refractivity contribution in [2.24, 2.45) is 0 Å². The lowest BCUT2D eigenvalue weighted by molar-refractivity contribution is -0.137. The molecule has 0 fully saturated rings. The van der Waals surface area contributed by atoms with Crippen molar-refractivity contribution in [1.82, 2.24) is 10.3 Å². The van der Waals surface area contributed by atoms with Gasteiger partial charge in [-0.05, 0) is 6.26 Å². The van der Waals surface area contributed by atoms with Crippen molar-refractivity contribution in [1.29, 1.82) is 0 Å². The molecule has 1 aromatic heterocycles. The largest absolute Gasteiger partial charge is 0.354 e. The topological polar surface area (TPSA) is 71.1 Å². The highest BCUT2D eigenvalue weighted by atomic mass is 32.2. The molecule has 100 valence electrons. The summed E-state index contributed by atoms with van der Waals surface area (Å²) >= 11 is 2.23. The zero-order valence-electron chi connectivity index (χ0n) is 9.84. The second-order valence-corrected chi connectivity index (χ2v) is 5.34. The average molecular weight is 295 g/mol. The van der Waals surface area contributed by atoms with Crippen molar-refractivity contribution >= 4 is 39.9 Å². The smallest absolute Gasteiger partial charge is 0.322 e. The van der Waals surface area contributed by atoms with Crippen LogP contribution in [0.2, 0.25) is 0 Å². The predicted octanol–water partition coefficient (Wildman–Crippen LogP) is 1.82. The first kappa shape index (κ1) is 14.8. The molecule has 5 nitrogen and oxygen atoms in total. The number of nitrogens with zero attached hydrogens (tertiary/aromatic N) is 1. The van der Waals surface area contributed by atoms with Crippen LogP contribution in [-0.4, -0.2) is 36.0 Å². The molecule has 18 heavy (non-hydrogen) atoms. The van der Waals surface area contributed by atoms with Gasteiger partial charge in [0.05, 0.1) is 0 Å². The number of nitrogens with one attached hydrogen (secondary N) is 2. The highest BCUT2D eigenvalue weighted by molar-refractivity contribution is 8.00. The molecule has 2 amide bonds. The maximum Gasteiger partial charge on any atom is 0.322 e. The number of hydrogen-bond donors (Lipinski definition) is 2. The van der Waals surface area contributed by atoms with Gasteiger partial charge in [-0.3, -0.25) is 9.59 Å². The van der Waals surface area contributed by atoms with Crippen LogP contribution in [0.5, 0.6) is 0 Å². The van der Waals surface area contributed by atoms with Gasteiger partial charge in [-0.1, -0.05) is 23.1 Å². The zero-order chi connectivity index (χ0) is 13.9. The number of halogens is 2. The van der Waals surface area contributed by atoms with Crippen LogP contribution >= 0.6 is 23.1 Å². The van der Waals surface area contributed by atoms with Gasteiger partial charge in [-0.25, -0.2) is 4.98 Å². The van der Waals surface area contributed by atoms with E-state index in [1.165, 1.54) is 18.8 Å². The van der Waals surface area contributed by atoms with E-state index in [2.05, 4.69) is 10.3 Å². The van der Waals surface area contributed by atoms with E-state index >= 15 is 0 Å². The van der Waals surface area contributed by atoms with Crippen LogP contribution in [0.3, 0.4) is 0 Å². The van der Waals surface area contributed by atoms with Gasteiger partial charge in [0, 0.05) is 14.0 Å². The van der Waals surface area contributed by atoms with E-state index < -0.39 is 17.7 Å². The number of thioether (sulfide) groups is 1. The Bertz CT molecular complexity index is 471. The van der Waals surface area contributed by atoms with Crippen molar-refractivity contribution in [3.63, 3.8) is 0 Å². The van der Waals surface area contributed by atoms with Gasteiger partial charge in [-0.15, -0.1) is 0 Å². The number of thiazole rings is 1. The number of amides is 2. The van der Waals surface area contributed by atoms with Gasteiger partial charge in [0.1, 0.15) is 5.00 Å². The highest BCUT2D eigenvalue weighted by Gasteiger charge is 2.33. The molecule has 0 unspecified atom stereocenters. The van der Waals surface area contributed by atoms with Crippen LogP contribution in [0, 0.1) is 0 Å². The third-order valence-corrected chi connectivity index (χ3v) is 3.81. The summed E-state index contributed by atoms with van der Waals surface area (Å²) in [4.78, 5) is 26.6. The molecule has 1 heterocycles. The van der Waals surface area contributed by atoms with Crippen molar-refractivity contribution in [3.8, 4) is 0 Å². The predicted molar refractivity (Wildman–Crippen MR) is 66.5 cm³/mol. The first-order valence-corrected chi connectivity index (χ1v) is 6.80. The fourth-order valence-corrected chi connectivity index (χ4v) is 2.41. The Labute approximate surface area is 110 Å². The minimum Gasteiger partial charge on any atom is -0.354 e. The molecule has 0 atom stereocenters. The molecule has 0 aliphatic carbocycles. The lowest BCUT2D eigenvalue weighted by Gasteiger charge is -2.09. The van der Waals surface area contributed by atoms with E-state index in [9.17, 15) is 18.4 Å². The summed E-state index contributed by atoms with van der Waals surface area (Å²) in [6, 6.07) is 0. The quantitative estimate of drug-likeness (QED) is 0.831. The zero-order valence-corrected chi connectivity index (χ0v) is 11.5. The van der Waals surface area contributed by atoms with Gasteiger partial charge < -0.3 is 10.6 Å². The second kappa shape index (κ2) is 5.61. The summed E-state index contributed by atoms with van der Waals surface area (Å²) in [5.74, 6) is -5.52. The lowest BCUT2D eigenvalue weighted by Crippen LogP contribution is -2.32. The normalized spacial score (nSPS) is 11.2. The molecule has 0 aliphatic rings. The van der Waals surface area contributed by atoms with Gasteiger partial charge in [0.25, 0.3) is 11.8 Å². The molecule has 0 spiro atoms. The standard InChI is InChI=1S/C9H11F2N3O2S2/c1-9(10,11)7(16)14-6-4(5(15)12-2)13-8(17-3)18-6/h1-3H3,(H,12,15)(H,14,16). The molecule has 0 aliphatic heterocycles. The first-order chi connectivity index (χ1) is 8.29. The first-order valence-electron chi connectivity index (χ1n) is 4.75. The van der Waals surface area contributed by atoms with E-state index in [1.54, 1.807) is 6.26 Å². The Hall–Kier alpha value is -1.22. The summed E-state index contributed by atoms with van der Waals surface area (Å²) in [6.45, 7) is 0.485. The summed E-state index contributed by atoms with van der Waals surface area (Å²) in [7, 11) is 1.39. The third-order valence-electron chi connectivity index (χ3n) is 1.85. The van der Waals surface area contributed by atoms with E-state index in [-0.39, 0.29) is 10.7 Å². The van der Waals surface area contributed by atoms with Crippen molar-refractivity contribution in [2.45, 2.75) is 17.2 Å². The monoisotopic (exact) mass is 295 g/mol. The molecular weight excluding hydrogens is 284 g/mol. The lowest BCUT2D eigenvalue weighted by atomic mass is 10.3. The van der Waals surface area contributed by atoms with Gasteiger partial charge >= 0.3 is 5.92 Å². The summed E-state index contributed by atoms with van der Waals surface area (Å²) in [5.41, 5.74) is -0.0653. The maximum atomic E-state index is 12.8. The highest BCUT2D eigenvalue weighted by Crippen LogP contribution is 2.31. The van der Waals surface area contributed by atoms with E-state index in [1.807, 2.05) is 5.32 Å². The Morgan fingerprint density at radius 2 is 2.06 bits per heavy atom. The number of aromatic nitrogens is 1. The molecule has 0 saturated carbocycles. The van der Waals surface area contributed by atoms with Crippen LogP contribution in [0.25, 0.3) is 0 Å². The van der Waals surface area contributed by atoms with Crippen LogP contribution in [0.15, 0.2) is 4.34 Å². The third kappa shape index (κ3) is 3.39. The number of anilines is 1. The van der Waals surface area contributed by atoms with Crippen LogP contribution in [0.1, 0.15) is 17.4 Å². The number of carbonyl (C=O) groups is 2. The van der Waals surface area contributed by atoms with Gasteiger partial charge in [0.15, 0.2) is 10.0 Å². The number of rotatable bonds is 4. The van der Waals surface area contributed by atoms with E-state index in [4.69, 9.17) is 0 Å². The van der Waals surface area contributed by atoms with Crippen LogP contribution in [-0.2, 0) is 4.79 Å². The second-order valence-electron chi connectivity index (χ2n) is 3.28. The van der Waals surface area contributed by atoms with Gasteiger partial charge in [0.2, 0.25) is 0 Å². The number of hydrogen-bond acceptors (Lipinski definition) is 5. The summed E-state index contributed by atoms with van der Waals surface area (Å²) in [6.07, 6.45) is 1.73. The van der Waals surface area contributed by atoms with Crippen LogP contribution < -0.4 is 10.6 Å². The summed E-state index contributed by atoms with van der Waals surface area (Å²) in [5, 5.41) is 4.36. The number of alkyl halides is 2. The van der Waals surface area contributed by atoms with Crippen molar-refractivity contribution < 1.29 is 18.4 Å². The van der Waals surface area contributed by atoms with E-state index in [0.717, 1.165) is 11.3 Å². The fourth-order valence-electron chi connectivity index (χ4n) is 0.958. The number of carbonyl (C=O) groups excluding carboxylic acids is 2. The Morgan fingerprint density at radius 3 is 2.50 bits per heavy atom. The molecule has 0 saturated heterocycles. The molecular formula is C9H11F2N3O2S2. The Morgan fingerprint density at radius 1 is 1.44 bits per heavy atom. The minimum atomic E-state index is -3.51. The minimum absolute atomic E-state index is 0.0187. The molecule has 1 rings (SSSR count). The van der Waals surface area contributed by atoms with Gasteiger partial charge in [-0.2, -0.15) is 8.78 Å². The molecule has 2 N–H and O–H groups in total. The Balaban J connectivity index is 3.04. The van der Waals surface area contributed by atoms with Crippen LogP contribution in [0.4, 0.5) is 13.8 Å². The Kier molecular flexibility index (Phi) is 4.63. The molecule has 0 aromatic carbocycles. The molecule has 0 bridgehead atoms. The van der Waals surface area contributed by atoms with E-state index in [0.29, 0.717) is 11.3 Å². The maximum absolute atomic E-state index is 12.8. The SMILES string of the molecule is CNC(=O)c1nc(SC)sc1NC(=O)C(C)(F)F. The van der Waals surface area contributed by atoms with Crippen molar-refractivity contribution in [3.05, 3.63) is 5.69 Å². The summed E-state index contributed by atoms with van der Waals surface area (Å²) < 4.78 is 26.0. The van der Waals surface area contributed by atoms with Crippen molar-refractivity contribution in [2.75, 3.05) is 18.6 Å². The molecule has 1 aromatic rings.